The monoisotopic (exact) mass is 799 g/mol. The van der Waals surface area contributed by atoms with Crippen molar-refractivity contribution in [3.8, 4) is 89.7 Å². The molecule has 4 heteroatoms. The van der Waals surface area contributed by atoms with Crippen LogP contribution in [-0.4, -0.2) is 19.6 Å². The molecule has 0 atom stereocenters. The molecule has 0 radical (unpaired) electrons. The van der Waals surface area contributed by atoms with Crippen molar-refractivity contribution in [1.29, 1.82) is 0 Å². The van der Waals surface area contributed by atoms with E-state index < -0.39 is 0 Å². The minimum absolute atomic E-state index is 0.183. The molecule has 0 saturated carbocycles. The van der Waals surface area contributed by atoms with Gasteiger partial charge in [-0.15, -0.1) is 0 Å². The fourth-order valence-electron chi connectivity index (χ4n) is 8.65. The standard InChI is InChI=1S/C58H45N3O/c1-39(2)33-47-37-50(29-30-51(47)44-19-10-5-11-20-44)61-55-23-14-22-52(57(55)60-58(61)53-21-12-13-24-56(53)62)48-34-46(41-17-8-4-9-18-41)35-49(36-48)54-38-45(31-32-59-54)43-27-25-42(26-28-43)40-15-6-3-7-16-40/h3-32,34-39,62H,33H2,1-2H3. The van der Waals surface area contributed by atoms with Crippen LogP contribution >= 0.6 is 0 Å². The van der Waals surface area contributed by atoms with E-state index >= 15 is 0 Å². The molecule has 4 nitrogen and oxygen atoms in total. The minimum Gasteiger partial charge on any atom is -0.507 e. The predicted molar refractivity (Wildman–Crippen MR) is 257 cm³/mol. The number of pyridine rings is 1. The number of imidazole rings is 1. The summed E-state index contributed by atoms with van der Waals surface area (Å²) in [5.74, 6) is 1.32. The third-order valence-corrected chi connectivity index (χ3v) is 11.6. The average molecular weight is 800 g/mol. The van der Waals surface area contributed by atoms with Crippen LogP contribution < -0.4 is 0 Å². The number of hydrogen-bond donors (Lipinski definition) is 1. The van der Waals surface area contributed by atoms with Crippen LogP contribution in [0.5, 0.6) is 5.75 Å². The van der Waals surface area contributed by atoms with Crippen molar-refractivity contribution in [3.63, 3.8) is 0 Å². The third kappa shape index (κ3) is 7.59. The maximum Gasteiger partial charge on any atom is 0.149 e. The maximum atomic E-state index is 11.3. The highest BCUT2D eigenvalue weighted by Crippen LogP contribution is 2.41. The average Bonchev–Trinajstić information content (AvgIpc) is 3.72. The molecule has 0 bridgehead atoms. The normalized spacial score (nSPS) is 11.3. The molecule has 2 heterocycles. The molecule has 0 unspecified atom stereocenters. The van der Waals surface area contributed by atoms with Crippen LogP contribution in [0.25, 0.3) is 95.0 Å². The Balaban J connectivity index is 1.14. The van der Waals surface area contributed by atoms with Crippen molar-refractivity contribution in [1.82, 2.24) is 14.5 Å². The van der Waals surface area contributed by atoms with Gasteiger partial charge < -0.3 is 5.11 Å². The lowest BCUT2D eigenvalue weighted by Crippen LogP contribution is -2.02. The summed E-state index contributed by atoms with van der Waals surface area (Å²) in [5.41, 5.74) is 17.9. The van der Waals surface area contributed by atoms with Crippen LogP contribution in [-0.2, 0) is 6.42 Å². The first-order valence-electron chi connectivity index (χ1n) is 21.3. The molecule has 0 spiro atoms. The second kappa shape index (κ2) is 16.7. The van der Waals surface area contributed by atoms with Crippen molar-refractivity contribution in [3.05, 3.63) is 218 Å². The van der Waals surface area contributed by atoms with Gasteiger partial charge in [0.25, 0.3) is 0 Å². The Morgan fingerprint density at radius 2 is 1.03 bits per heavy atom. The molecule has 0 saturated heterocycles. The van der Waals surface area contributed by atoms with Crippen molar-refractivity contribution in [2.45, 2.75) is 20.3 Å². The number of benzene rings is 8. The summed E-state index contributed by atoms with van der Waals surface area (Å²) < 4.78 is 2.21. The lowest BCUT2D eigenvalue weighted by Gasteiger charge is -2.17. The highest BCUT2D eigenvalue weighted by Gasteiger charge is 2.22. The van der Waals surface area contributed by atoms with Crippen LogP contribution in [0, 0.1) is 5.92 Å². The van der Waals surface area contributed by atoms with Crippen molar-refractivity contribution in [2.24, 2.45) is 5.92 Å². The van der Waals surface area contributed by atoms with Crippen LogP contribution in [0.2, 0.25) is 0 Å². The van der Waals surface area contributed by atoms with Gasteiger partial charge in [-0.3, -0.25) is 9.55 Å². The first kappa shape index (κ1) is 38.4. The van der Waals surface area contributed by atoms with Gasteiger partial charge in [-0.05, 0) is 129 Å². The van der Waals surface area contributed by atoms with Gasteiger partial charge in [0.2, 0.25) is 0 Å². The lowest BCUT2D eigenvalue weighted by atomic mass is 9.93. The van der Waals surface area contributed by atoms with Gasteiger partial charge in [0, 0.05) is 23.0 Å². The van der Waals surface area contributed by atoms with E-state index in [0.717, 1.165) is 67.8 Å². The Kier molecular flexibility index (Phi) is 10.3. The van der Waals surface area contributed by atoms with Crippen LogP contribution in [0.4, 0.5) is 0 Å². The molecule has 0 amide bonds. The van der Waals surface area contributed by atoms with Crippen molar-refractivity contribution < 1.29 is 5.11 Å². The molecule has 0 fully saturated rings. The highest BCUT2D eigenvalue weighted by atomic mass is 16.3. The quantitative estimate of drug-likeness (QED) is 0.150. The number of hydrogen-bond acceptors (Lipinski definition) is 3. The van der Waals surface area contributed by atoms with E-state index in [2.05, 4.69) is 194 Å². The van der Waals surface area contributed by atoms with Gasteiger partial charge in [-0.25, -0.2) is 4.98 Å². The fourth-order valence-corrected chi connectivity index (χ4v) is 8.65. The largest absolute Gasteiger partial charge is 0.507 e. The summed E-state index contributed by atoms with van der Waals surface area (Å²) in [7, 11) is 0. The van der Waals surface area contributed by atoms with E-state index in [1.165, 1.54) is 27.8 Å². The molecule has 8 aromatic carbocycles. The van der Waals surface area contributed by atoms with Crippen LogP contribution in [0.3, 0.4) is 0 Å². The molecule has 1 N–H and O–H groups in total. The molecular formula is C58H45N3O. The zero-order valence-corrected chi connectivity index (χ0v) is 34.8. The second-order valence-corrected chi connectivity index (χ2v) is 16.3. The van der Waals surface area contributed by atoms with Gasteiger partial charge in [-0.2, -0.15) is 0 Å². The SMILES string of the molecule is CC(C)Cc1cc(-n2c(-c3ccccc3O)nc3c(-c4cc(-c5ccccc5)cc(-c5cc(-c6ccc(-c7ccccc7)cc6)ccn5)c4)cccc32)ccc1-c1ccccc1. The van der Waals surface area contributed by atoms with Gasteiger partial charge >= 0.3 is 0 Å². The number of phenols is 1. The van der Waals surface area contributed by atoms with Gasteiger partial charge in [0.05, 0.1) is 22.3 Å². The summed E-state index contributed by atoms with van der Waals surface area (Å²) >= 11 is 0. The Morgan fingerprint density at radius 1 is 0.452 bits per heavy atom. The Bertz CT molecular complexity index is 3170. The number of nitrogens with zero attached hydrogens (tertiary/aromatic N) is 3. The van der Waals surface area contributed by atoms with E-state index in [1.54, 1.807) is 6.07 Å². The fraction of sp³-hybridized carbons (Fsp3) is 0.0690. The lowest BCUT2D eigenvalue weighted by molar-refractivity contribution is 0.477. The minimum atomic E-state index is 0.183. The first-order valence-corrected chi connectivity index (χ1v) is 21.3. The topological polar surface area (TPSA) is 50.9 Å². The Labute approximate surface area is 363 Å². The second-order valence-electron chi connectivity index (χ2n) is 16.3. The zero-order valence-electron chi connectivity index (χ0n) is 34.8. The number of aromatic nitrogens is 3. The van der Waals surface area contributed by atoms with Gasteiger partial charge in [0.15, 0.2) is 0 Å². The summed E-state index contributed by atoms with van der Waals surface area (Å²) in [5, 5.41) is 11.3. The van der Waals surface area contributed by atoms with Gasteiger partial charge in [0.1, 0.15) is 11.6 Å². The number of phenolic OH excluding ortho intramolecular Hbond substituents is 1. The summed E-state index contributed by atoms with van der Waals surface area (Å²) in [6, 6.07) is 72.0. The molecule has 298 valence electrons. The van der Waals surface area contributed by atoms with E-state index in [0.29, 0.717) is 17.3 Å². The van der Waals surface area contributed by atoms with E-state index in [9.17, 15) is 5.11 Å². The summed E-state index contributed by atoms with van der Waals surface area (Å²) in [6.07, 6.45) is 2.83. The molecular weight excluding hydrogens is 755 g/mol. The predicted octanol–water partition coefficient (Wildman–Crippen LogP) is 15.0. The van der Waals surface area contributed by atoms with Crippen molar-refractivity contribution >= 4 is 11.0 Å². The number of para-hydroxylation sites is 2. The van der Waals surface area contributed by atoms with E-state index in [-0.39, 0.29) is 5.75 Å². The molecule has 0 aliphatic heterocycles. The first-order chi connectivity index (χ1) is 30.5. The number of aromatic hydroxyl groups is 1. The molecule has 0 aliphatic carbocycles. The smallest absolute Gasteiger partial charge is 0.149 e. The van der Waals surface area contributed by atoms with Crippen LogP contribution in [0.15, 0.2) is 212 Å². The molecule has 62 heavy (non-hydrogen) atoms. The summed E-state index contributed by atoms with van der Waals surface area (Å²) in [6.45, 7) is 4.53. The summed E-state index contributed by atoms with van der Waals surface area (Å²) in [4.78, 5) is 10.4. The molecule has 10 rings (SSSR count). The zero-order chi connectivity index (χ0) is 42.0. The Hall–Kier alpha value is -7.82. The molecule has 10 aromatic rings. The molecule has 0 aliphatic rings. The van der Waals surface area contributed by atoms with E-state index in [4.69, 9.17) is 9.97 Å². The third-order valence-electron chi connectivity index (χ3n) is 11.6. The van der Waals surface area contributed by atoms with Gasteiger partial charge in [-0.1, -0.05) is 159 Å². The number of rotatable bonds is 10. The maximum absolute atomic E-state index is 11.3. The molecule has 2 aromatic heterocycles. The highest BCUT2D eigenvalue weighted by molar-refractivity contribution is 5.97. The van der Waals surface area contributed by atoms with E-state index in [1.807, 2.05) is 30.5 Å². The number of fused-ring (bicyclic) bond motifs is 1. The van der Waals surface area contributed by atoms with Crippen LogP contribution in [0.1, 0.15) is 19.4 Å². The Morgan fingerprint density at radius 3 is 1.73 bits per heavy atom. The van der Waals surface area contributed by atoms with Crippen molar-refractivity contribution in [2.75, 3.05) is 0 Å².